The van der Waals surface area contributed by atoms with Gasteiger partial charge in [0.1, 0.15) is 12.4 Å². The van der Waals surface area contributed by atoms with Crippen LogP contribution in [0.25, 0.3) is 0 Å². The number of hydrogen-bond acceptors (Lipinski definition) is 4. The van der Waals surface area contributed by atoms with E-state index < -0.39 is 0 Å². The van der Waals surface area contributed by atoms with Gasteiger partial charge >= 0.3 is 6.03 Å². The fourth-order valence-corrected chi connectivity index (χ4v) is 3.00. The molecule has 1 fully saturated rings. The van der Waals surface area contributed by atoms with Gasteiger partial charge in [-0.15, -0.1) is 0 Å². The summed E-state index contributed by atoms with van der Waals surface area (Å²) in [6, 6.07) is 17.5. The monoisotopic (exact) mass is 369 g/mol. The zero-order chi connectivity index (χ0) is 18.9. The number of benzene rings is 2. The molecule has 2 amide bonds. The molecule has 1 aliphatic rings. The van der Waals surface area contributed by atoms with Gasteiger partial charge in [-0.05, 0) is 17.7 Å². The number of rotatable bonds is 7. The van der Waals surface area contributed by atoms with Gasteiger partial charge in [-0.1, -0.05) is 36.4 Å². The Hall–Kier alpha value is -2.57. The highest BCUT2D eigenvalue weighted by atomic mass is 16.5. The lowest BCUT2D eigenvalue weighted by Gasteiger charge is -2.34. The Morgan fingerprint density at radius 1 is 1.04 bits per heavy atom. The molecule has 0 spiro atoms. The third-order valence-electron chi connectivity index (χ3n) is 4.60. The molecule has 144 valence electrons. The predicted octanol–water partition coefficient (Wildman–Crippen LogP) is 3.06. The number of urea groups is 1. The van der Waals surface area contributed by atoms with Crippen molar-refractivity contribution >= 4 is 11.7 Å². The molecular weight excluding hydrogens is 342 g/mol. The molecule has 1 saturated heterocycles. The maximum Gasteiger partial charge on any atom is 0.321 e. The maximum atomic E-state index is 12.5. The van der Waals surface area contributed by atoms with Crippen LogP contribution in [-0.4, -0.2) is 62.3 Å². The number of anilines is 1. The third kappa shape index (κ3) is 5.98. The molecule has 27 heavy (non-hydrogen) atoms. The van der Waals surface area contributed by atoms with Gasteiger partial charge in [0.15, 0.2) is 0 Å². The number of hydrogen-bond donors (Lipinski definition) is 1. The van der Waals surface area contributed by atoms with E-state index in [1.165, 1.54) is 0 Å². The molecule has 0 aliphatic carbocycles. The maximum absolute atomic E-state index is 12.5. The van der Waals surface area contributed by atoms with Crippen molar-refractivity contribution in [3.8, 4) is 5.75 Å². The average Bonchev–Trinajstić information content (AvgIpc) is 2.72. The lowest BCUT2D eigenvalue weighted by molar-refractivity contribution is 0.109. The van der Waals surface area contributed by atoms with Crippen LogP contribution in [-0.2, 0) is 11.3 Å². The topological polar surface area (TPSA) is 54.0 Å². The van der Waals surface area contributed by atoms with Crippen LogP contribution < -0.4 is 10.1 Å². The Morgan fingerprint density at radius 2 is 1.81 bits per heavy atom. The molecule has 0 atom stereocenters. The van der Waals surface area contributed by atoms with Crippen LogP contribution in [0.5, 0.6) is 5.75 Å². The SMILES string of the molecule is COCCN1CCN(C(=O)Nc2cccc(OCc3ccccc3)c2)CC1. The Labute approximate surface area is 160 Å². The molecule has 6 nitrogen and oxygen atoms in total. The minimum atomic E-state index is -0.0680. The van der Waals surface area contributed by atoms with Gasteiger partial charge in [0.05, 0.1) is 6.61 Å². The van der Waals surface area contributed by atoms with E-state index in [1.54, 1.807) is 7.11 Å². The van der Waals surface area contributed by atoms with Crippen molar-refractivity contribution in [3.63, 3.8) is 0 Å². The van der Waals surface area contributed by atoms with Gasteiger partial charge in [0, 0.05) is 51.6 Å². The second-order valence-corrected chi connectivity index (χ2v) is 6.55. The number of carbonyl (C=O) groups excluding carboxylic acids is 1. The van der Waals surface area contributed by atoms with Crippen LogP contribution in [0.15, 0.2) is 54.6 Å². The van der Waals surface area contributed by atoms with Crippen molar-refractivity contribution in [2.45, 2.75) is 6.61 Å². The molecule has 0 aromatic heterocycles. The molecule has 1 N–H and O–H groups in total. The second-order valence-electron chi connectivity index (χ2n) is 6.55. The molecule has 6 heteroatoms. The third-order valence-corrected chi connectivity index (χ3v) is 4.60. The van der Waals surface area contributed by atoms with Gasteiger partial charge in [0.25, 0.3) is 0 Å². The molecule has 0 saturated carbocycles. The molecule has 2 aromatic rings. The van der Waals surface area contributed by atoms with Gasteiger partial charge in [-0.3, -0.25) is 4.90 Å². The Morgan fingerprint density at radius 3 is 2.56 bits per heavy atom. The van der Waals surface area contributed by atoms with E-state index in [1.807, 2.05) is 59.5 Å². The predicted molar refractivity (Wildman–Crippen MR) is 106 cm³/mol. The van der Waals surface area contributed by atoms with Crippen LogP contribution in [0.3, 0.4) is 0 Å². The van der Waals surface area contributed by atoms with Crippen LogP contribution in [0, 0.1) is 0 Å². The molecule has 1 aliphatic heterocycles. The number of nitrogens with zero attached hydrogens (tertiary/aromatic N) is 2. The highest BCUT2D eigenvalue weighted by Crippen LogP contribution is 2.19. The van der Waals surface area contributed by atoms with Gasteiger partial charge < -0.3 is 19.7 Å². The van der Waals surface area contributed by atoms with Gasteiger partial charge in [0.2, 0.25) is 0 Å². The molecule has 1 heterocycles. The first-order valence-electron chi connectivity index (χ1n) is 9.28. The summed E-state index contributed by atoms with van der Waals surface area (Å²) in [6.07, 6.45) is 0. The fraction of sp³-hybridized carbons (Fsp3) is 0.381. The van der Waals surface area contributed by atoms with E-state index in [0.29, 0.717) is 6.61 Å². The van der Waals surface area contributed by atoms with Gasteiger partial charge in [-0.25, -0.2) is 4.79 Å². The van der Waals surface area contributed by atoms with Crippen LogP contribution >= 0.6 is 0 Å². The zero-order valence-corrected chi connectivity index (χ0v) is 15.8. The molecular formula is C21H27N3O3. The molecule has 2 aromatic carbocycles. The summed E-state index contributed by atoms with van der Waals surface area (Å²) in [4.78, 5) is 16.7. The number of carbonyl (C=O) groups is 1. The summed E-state index contributed by atoms with van der Waals surface area (Å²) < 4.78 is 10.9. The van der Waals surface area contributed by atoms with Crippen molar-refractivity contribution in [1.29, 1.82) is 0 Å². The molecule has 0 bridgehead atoms. The van der Waals surface area contributed by atoms with Gasteiger partial charge in [-0.2, -0.15) is 0 Å². The van der Waals surface area contributed by atoms with E-state index in [4.69, 9.17) is 9.47 Å². The van der Waals surface area contributed by atoms with Crippen molar-refractivity contribution in [3.05, 3.63) is 60.2 Å². The summed E-state index contributed by atoms with van der Waals surface area (Å²) in [6.45, 7) is 5.32. The lowest BCUT2D eigenvalue weighted by Crippen LogP contribution is -2.50. The van der Waals surface area contributed by atoms with E-state index >= 15 is 0 Å². The minimum Gasteiger partial charge on any atom is -0.489 e. The highest BCUT2D eigenvalue weighted by molar-refractivity contribution is 5.89. The molecule has 3 rings (SSSR count). The largest absolute Gasteiger partial charge is 0.489 e. The number of piperazine rings is 1. The Balaban J connectivity index is 1.48. The first kappa shape index (κ1) is 19.2. The van der Waals surface area contributed by atoms with Crippen molar-refractivity contribution in [2.75, 3.05) is 51.8 Å². The average molecular weight is 369 g/mol. The Bertz CT molecular complexity index is 716. The van der Waals surface area contributed by atoms with Crippen LogP contribution in [0.2, 0.25) is 0 Å². The van der Waals surface area contributed by atoms with Crippen molar-refractivity contribution in [2.24, 2.45) is 0 Å². The van der Waals surface area contributed by atoms with E-state index in [9.17, 15) is 4.79 Å². The molecule has 0 unspecified atom stereocenters. The Kier molecular flexibility index (Phi) is 7.07. The normalized spacial score (nSPS) is 14.8. The minimum absolute atomic E-state index is 0.0680. The van der Waals surface area contributed by atoms with Crippen LogP contribution in [0.1, 0.15) is 5.56 Å². The van der Waals surface area contributed by atoms with Crippen molar-refractivity contribution < 1.29 is 14.3 Å². The standard InChI is InChI=1S/C21H27N3O3/c1-26-15-14-23-10-12-24(13-11-23)21(25)22-19-8-5-9-20(16-19)27-17-18-6-3-2-4-7-18/h2-9,16H,10-15,17H2,1H3,(H,22,25). The summed E-state index contributed by atoms with van der Waals surface area (Å²) in [5.41, 5.74) is 1.85. The summed E-state index contributed by atoms with van der Waals surface area (Å²) >= 11 is 0. The summed E-state index contributed by atoms with van der Waals surface area (Å²) in [7, 11) is 1.71. The number of ether oxygens (including phenoxy) is 2. The molecule has 0 radical (unpaired) electrons. The first-order chi connectivity index (χ1) is 13.2. The fourth-order valence-electron chi connectivity index (χ4n) is 3.00. The quantitative estimate of drug-likeness (QED) is 0.815. The number of amides is 2. The second kappa shape index (κ2) is 9.94. The van der Waals surface area contributed by atoms with Crippen molar-refractivity contribution in [1.82, 2.24) is 9.80 Å². The number of methoxy groups -OCH3 is 1. The first-order valence-corrected chi connectivity index (χ1v) is 9.28. The number of nitrogens with one attached hydrogen (secondary N) is 1. The summed E-state index contributed by atoms with van der Waals surface area (Å²) in [5, 5.41) is 2.97. The van der Waals surface area contributed by atoms with E-state index in [2.05, 4.69) is 10.2 Å². The summed E-state index contributed by atoms with van der Waals surface area (Å²) in [5.74, 6) is 0.737. The van der Waals surface area contributed by atoms with E-state index in [0.717, 1.165) is 56.3 Å². The highest BCUT2D eigenvalue weighted by Gasteiger charge is 2.20. The lowest BCUT2D eigenvalue weighted by atomic mass is 10.2. The van der Waals surface area contributed by atoms with E-state index in [-0.39, 0.29) is 6.03 Å². The van der Waals surface area contributed by atoms with Crippen LogP contribution in [0.4, 0.5) is 10.5 Å². The smallest absolute Gasteiger partial charge is 0.321 e. The zero-order valence-electron chi connectivity index (χ0n) is 15.8.